The van der Waals surface area contributed by atoms with Crippen molar-refractivity contribution in [1.29, 1.82) is 0 Å². The minimum absolute atomic E-state index is 0.0203. The van der Waals surface area contributed by atoms with E-state index in [9.17, 15) is 14.7 Å². The van der Waals surface area contributed by atoms with Gasteiger partial charge in [0.05, 0.1) is 85.4 Å². The average molecular weight is 1100 g/mol. The molecule has 20 atom stereocenters. The lowest BCUT2D eigenvalue weighted by Crippen LogP contribution is -2.66. The van der Waals surface area contributed by atoms with E-state index in [4.69, 9.17) is 51.5 Å². The van der Waals surface area contributed by atoms with E-state index in [-0.39, 0.29) is 126 Å². The molecule has 0 spiro atoms. The summed E-state index contributed by atoms with van der Waals surface area (Å²) in [6, 6.07) is 9.00. The zero-order valence-corrected chi connectivity index (χ0v) is 50.0. The summed E-state index contributed by atoms with van der Waals surface area (Å²) in [6.45, 7) is 34.3. The van der Waals surface area contributed by atoms with E-state index in [0.29, 0.717) is 69.1 Å². The smallest absolute Gasteiger partial charge is 0.338 e. The van der Waals surface area contributed by atoms with Gasteiger partial charge in [0.2, 0.25) is 0 Å². The molecule has 14 nitrogen and oxygen atoms in total. The van der Waals surface area contributed by atoms with Gasteiger partial charge >= 0.3 is 5.97 Å². The van der Waals surface area contributed by atoms with Gasteiger partial charge in [0.25, 0.3) is 0 Å². The summed E-state index contributed by atoms with van der Waals surface area (Å²) < 4.78 is 75.7. The minimum atomic E-state index is -2.28. The molecule has 1 aromatic rings. The molecule has 8 saturated heterocycles. The highest BCUT2D eigenvalue weighted by atomic mass is 28.4. The van der Waals surface area contributed by atoms with Gasteiger partial charge in [0.1, 0.15) is 42.4 Å². The molecule has 16 heteroatoms. The number of hydrogen-bond donors (Lipinski definition) is 1. The first-order chi connectivity index (χ1) is 35.8. The van der Waals surface area contributed by atoms with Gasteiger partial charge < -0.3 is 56.6 Å². The first-order valence-corrected chi connectivity index (χ1v) is 34.9. The molecule has 0 radical (unpaired) electrons. The van der Waals surface area contributed by atoms with Crippen LogP contribution in [0.4, 0.5) is 0 Å². The van der Waals surface area contributed by atoms with Gasteiger partial charge in [-0.1, -0.05) is 79.8 Å². The van der Waals surface area contributed by atoms with Gasteiger partial charge in [-0.2, -0.15) is 0 Å². The summed E-state index contributed by atoms with van der Waals surface area (Å²) in [5, 5.41) is 11.8. The summed E-state index contributed by atoms with van der Waals surface area (Å²) in [4.78, 5) is 28.4. The molecule has 426 valence electrons. The maximum absolute atomic E-state index is 14.8. The highest BCUT2D eigenvalue weighted by Gasteiger charge is 2.64. The third kappa shape index (κ3) is 12.8. The Bertz CT molecular complexity index is 2190. The van der Waals surface area contributed by atoms with Gasteiger partial charge in [0, 0.05) is 51.6 Å². The molecule has 8 heterocycles. The molecular weight excluding hydrogens is 1000 g/mol. The molecule has 8 aliphatic rings. The predicted octanol–water partition coefficient (Wildman–Crippen LogP) is 10.4. The Morgan fingerprint density at radius 3 is 2.03 bits per heavy atom. The molecule has 0 amide bonds. The number of aliphatic hydroxyl groups is 1. The fraction of sp³-hybridized carbons (Fsp3) is 0.800. The second-order valence-corrected chi connectivity index (χ2v) is 36.6. The van der Waals surface area contributed by atoms with Crippen LogP contribution in [0.5, 0.6) is 0 Å². The van der Waals surface area contributed by atoms with Crippen molar-refractivity contribution < 1.29 is 66.2 Å². The van der Waals surface area contributed by atoms with Crippen molar-refractivity contribution in [1.82, 2.24) is 0 Å². The van der Waals surface area contributed by atoms with Crippen LogP contribution in [0.15, 0.2) is 54.6 Å². The van der Waals surface area contributed by atoms with Crippen LogP contribution in [0.3, 0.4) is 0 Å². The van der Waals surface area contributed by atoms with Crippen LogP contribution in [0, 0.1) is 11.8 Å². The van der Waals surface area contributed by atoms with Crippen LogP contribution in [-0.4, -0.2) is 157 Å². The van der Waals surface area contributed by atoms with E-state index in [1.807, 2.05) is 18.2 Å². The molecule has 9 rings (SSSR count). The number of hydrogen-bond acceptors (Lipinski definition) is 14. The number of rotatable bonds is 10. The van der Waals surface area contributed by atoms with Gasteiger partial charge in [-0.05, 0) is 110 Å². The Morgan fingerprint density at radius 1 is 0.697 bits per heavy atom. The zero-order valence-electron chi connectivity index (χ0n) is 48.0. The number of ketones is 1. The Kier molecular flexibility index (Phi) is 18.0. The number of carbonyl (C=O) groups excluding carboxylic acids is 2. The van der Waals surface area contributed by atoms with Crippen LogP contribution in [-0.2, 0) is 56.3 Å². The summed E-state index contributed by atoms with van der Waals surface area (Å²) in [5.41, 5.74) is 2.06. The van der Waals surface area contributed by atoms with Crippen molar-refractivity contribution in [2.24, 2.45) is 11.8 Å². The quantitative estimate of drug-likeness (QED) is 0.134. The molecule has 0 saturated carbocycles. The number of ether oxygens (including phenoxy) is 9. The maximum atomic E-state index is 14.8. The predicted molar refractivity (Wildman–Crippen MR) is 294 cm³/mol. The second-order valence-electron chi connectivity index (χ2n) is 27.0. The zero-order chi connectivity index (χ0) is 54.6. The first kappa shape index (κ1) is 58.5. The Morgan fingerprint density at radius 2 is 1.33 bits per heavy atom. The topological polar surface area (TPSA) is 156 Å². The molecule has 8 aliphatic heterocycles. The summed E-state index contributed by atoms with van der Waals surface area (Å²) >= 11 is 0. The SMILES string of the molecule is C=C1C[C@@H](OC(=O)c2ccccc2)CC[C@H]2OC3C4CC2OC2C(O4)[C@H]3OC3CCC(CC(=O)CC4[C@H](CC5OC(CCC1O)CC(C)C5=C)O[C@H](CC(CO[Si](C)(C)C(C)(C)C)O[Si](C)(C)C(C)(C)C)[C@@H]4OC)O[C@@H]32. The number of esters is 1. The maximum Gasteiger partial charge on any atom is 0.338 e. The summed E-state index contributed by atoms with van der Waals surface area (Å²) in [7, 11) is -2.69. The van der Waals surface area contributed by atoms with E-state index >= 15 is 0 Å². The number of fused-ring (bicyclic) bond motifs is 5. The van der Waals surface area contributed by atoms with Crippen LogP contribution < -0.4 is 0 Å². The molecule has 1 N–H and O–H groups in total. The summed E-state index contributed by atoms with van der Waals surface area (Å²) in [6.07, 6.45) is 0.272. The molecule has 0 aliphatic carbocycles. The molecule has 8 fully saturated rings. The van der Waals surface area contributed by atoms with Crippen LogP contribution in [0.25, 0.3) is 0 Å². The fourth-order valence-electron chi connectivity index (χ4n) is 13.0. The number of carbonyl (C=O) groups is 2. The minimum Gasteiger partial charge on any atom is -0.458 e. The number of aliphatic hydroxyl groups excluding tert-OH is 1. The lowest BCUT2D eigenvalue weighted by Gasteiger charge is -2.51. The van der Waals surface area contributed by atoms with Crippen LogP contribution in [0.1, 0.15) is 142 Å². The third-order valence-corrected chi connectivity index (χ3v) is 28.6. The van der Waals surface area contributed by atoms with Crippen molar-refractivity contribution in [2.45, 2.75) is 278 Å². The lowest BCUT2D eigenvalue weighted by atomic mass is 9.81. The van der Waals surface area contributed by atoms with E-state index in [2.05, 4.69) is 87.8 Å². The second kappa shape index (κ2) is 23.4. The van der Waals surface area contributed by atoms with Gasteiger partial charge in [0.15, 0.2) is 16.6 Å². The van der Waals surface area contributed by atoms with Crippen LogP contribution in [0.2, 0.25) is 36.3 Å². The third-order valence-electron chi connectivity index (χ3n) is 19.6. The number of benzene rings is 1. The highest BCUT2D eigenvalue weighted by Crippen LogP contribution is 2.50. The lowest BCUT2D eigenvalue weighted by molar-refractivity contribution is -0.301. The van der Waals surface area contributed by atoms with Crippen molar-refractivity contribution in [3.63, 3.8) is 0 Å². The highest BCUT2D eigenvalue weighted by molar-refractivity contribution is 6.74. The monoisotopic (exact) mass is 1090 g/mol. The van der Waals surface area contributed by atoms with Crippen molar-refractivity contribution >= 4 is 28.4 Å². The Balaban J connectivity index is 0.997. The Hall–Kier alpha value is -2.17. The van der Waals surface area contributed by atoms with E-state index in [1.54, 1.807) is 19.2 Å². The fourth-order valence-corrected chi connectivity index (χ4v) is 15.4. The molecular formula is C60H94O14Si2. The van der Waals surface area contributed by atoms with E-state index in [0.717, 1.165) is 18.4 Å². The largest absolute Gasteiger partial charge is 0.458 e. The molecule has 76 heavy (non-hydrogen) atoms. The molecule has 8 bridgehead atoms. The van der Waals surface area contributed by atoms with Gasteiger partial charge in [-0.3, -0.25) is 4.79 Å². The molecule has 1 aromatic carbocycles. The number of Topliss-reactive ketones (excluding diaryl/α,β-unsaturated/α-hetero) is 1. The first-order valence-electron chi connectivity index (χ1n) is 29.0. The molecule has 0 aromatic heterocycles. The molecule has 13 unspecified atom stereocenters. The Labute approximate surface area is 456 Å². The standard InChI is InChI=1S/C60H94O14Si2/c1-34-26-39-20-23-44(62)35(2)27-40(68-58(63)37-18-16-15-17-19-37)21-24-45-49-32-51-54(70-45)56-57(73-51)55(72-49)53-46(71-56)25-22-41(67-53)28-38(61)29-43-48(31-47(66-39)36(34)3)69-50(52(43)64-10)30-42(74-76(13,14)60(7,8)9)33-65-75(11,12)59(4,5)6/h15-19,34,39-57,62H,2-3,20-33H2,1,4-14H3/t34?,39?,40-,41?,42?,43?,44?,45+,46?,47?,48-,49?,50+,51?,52+,53-,54?,55?,56-,57?/m0/s1. The van der Waals surface area contributed by atoms with Gasteiger partial charge in [-0.15, -0.1) is 0 Å². The van der Waals surface area contributed by atoms with Crippen molar-refractivity contribution in [3.05, 3.63) is 60.2 Å². The normalized spacial score (nSPS) is 40.2. The van der Waals surface area contributed by atoms with Crippen LogP contribution >= 0.6 is 0 Å². The van der Waals surface area contributed by atoms with Crippen molar-refractivity contribution in [2.75, 3.05) is 13.7 Å². The number of methoxy groups -OCH3 is 1. The summed E-state index contributed by atoms with van der Waals surface area (Å²) in [5.74, 6) is -0.448. The van der Waals surface area contributed by atoms with E-state index in [1.165, 1.54) is 0 Å². The van der Waals surface area contributed by atoms with Gasteiger partial charge in [-0.25, -0.2) is 4.79 Å². The van der Waals surface area contributed by atoms with E-state index < -0.39 is 53.1 Å². The average Bonchev–Trinajstić information content (AvgIpc) is 3.82. The van der Waals surface area contributed by atoms with Crippen molar-refractivity contribution in [3.8, 4) is 0 Å².